The van der Waals surface area contributed by atoms with Gasteiger partial charge in [-0.15, -0.1) is 0 Å². The summed E-state index contributed by atoms with van der Waals surface area (Å²) in [6.45, 7) is 4.81. The number of hydrogen-bond donors (Lipinski definition) is 1. The second-order valence-corrected chi connectivity index (χ2v) is 4.83. The molecule has 0 spiro atoms. The predicted molar refractivity (Wildman–Crippen MR) is 67.8 cm³/mol. The number of nitrogens with zero attached hydrogens (tertiary/aromatic N) is 2. The molecule has 1 N–H and O–H groups in total. The van der Waals surface area contributed by atoms with Crippen LogP contribution in [0.5, 0.6) is 0 Å². The number of carbonyl (C=O) groups is 2. The molecule has 1 aliphatic rings. The molecule has 0 aromatic carbocycles. The van der Waals surface area contributed by atoms with Crippen molar-refractivity contribution in [2.75, 3.05) is 13.1 Å². The van der Waals surface area contributed by atoms with Gasteiger partial charge in [0.25, 0.3) is 5.91 Å². The number of hydrogen-bond acceptors (Lipinski definition) is 3. The monoisotopic (exact) mass is 267 g/mol. The number of rotatable bonds is 2. The van der Waals surface area contributed by atoms with Gasteiger partial charge < -0.3 is 5.32 Å². The van der Waals surface area contributed by atoms with E-state index in [0.29, 0.717) is 18.7 Å². The SMILES string of the molecule is CC(C)c1cc(C(=O)N2CCNC2=O)cc(Cl)n1. The van der Waals surface area contributed by atoms with Gasteiger partial charge in [-0.25, -0.2) is 9.78 Å². The molecule has 3 amide bonds. The Hall–Kier alpha value is -1.62. The standard InChI is InChI=1S/C12H14ClN3O2/c1-7(2)9-5-8(6-10(13)15-9)11(17)16-4-3-14-12(16)18/h5-7H,3-4H2,1-2H3,(H,14,18). The number of carbonyl (C=O) groups excluding carboxylic acids is 2. The molecule has 0 bridgehead atoms. The Balaban J connectivity index is 2.32. The van der Waals surface area contributed by atoms with Crippen LogP contribution in [-0.4, -0.2) is 34.9 Å². The first-order chi connectivity index (χ1) is 8.49. The molecule has 2 heterocycles. The van der Waals surface area contributed by atoms with Gasteiger partial charge in [0.15, 0.2) is 0 Å². The molecule has 1 fully saturated rings. The summed E-state index contributed by atoms with van der Waals surface area (Å²) in [5.41, 5.74) is 1.14. The van der Waals surface area contributed by atoms with E-state index in [1.165, 1.54) is 11.0 Å². The molecule has 18 heavy (non-hydrogen) atoms. The molecule has 0 saturated carbocycles. The summed E-state index contributed by atoms with van der Waals surface area (Å²) in [6, 6.07) is 2.81. The van der Waals surface area contributed by atoms with Crippen molar-refractivity contribution in [3.05, 3.63) is 28.5 Å². The Morgan fingerprint density at radius 1 is 1.50 bits per heavy atom. The number of halogens is 1. The summed E-state index contributed by atoms with van der Waals surface area (Å²) in [6.07, 6.45) is 0. The zero-order valence-corrected chi connectivity index (χ0v) is 11.0. The minimum absolute atomic E-state index is 0.169. The molecule has 1 saturated heterocycles. The molecule has 6 heteroatoms. The minimum atomic E-state index is -0.362. The number of imide groups is 1. The lowest BCUT2D eigenvalue weighted by Gasteiger charge is -2.13. The van der Waals surface area contributed by atoms with E-state index in [2.05, 4.69) is 10.3 Å². The summed E-state index contributed by atoms with van der Waals surface area (Å²) in [4.78, 5) is 28.9. The lowest BCUT2D eigenvalue weighted by atomic mass is 10.1. The second kappa shape index (κ2) is 4.94. The van der Waals surface area contributed by atoms with E-state index in [1.54, 1.807) is 6.07 Å². The average Bonchev–Trinajstić information content (AvgIpc) is 2.73. The summed E-state index contributed by atoms with van der Waals surface area (Å²) in [5.74, 6) is -0.168. The van der Waals surface area contributed by atoms with E-state index < -0.39 is 0 Å². The lowest BCUT2D eigenvalue weighted by Crippen LogP contribution is -2.34. The summed E-state index contributed by atoms with van der Waals surface area (Å²) in [7, 11) is 0. The van der Waals surface area contributed by atoms with Crippen molar-refractivity contribution in [2.24, 2.45) is 0 Å². The van der Waals surface area contributed by atoms with Gasteiger partial charge in [0.05, 0.1) is 0 Å². The fourth-order valence-electron chi connectivity index (χ4n) is 1.76. The second-order valence-electron chi connectivity index (χ2n) is 4.45. The third-order valence-corrected chi connectivity index (χ3v) is 2.95. The molecule has 0 atom stereocenters. The van der Waals surface area contributed by atoms with E-state index in [-0.39, 0.29) is 23.0 Å². The molecule has 0 unspecified atom stereocenters. The molecule has 1 aromatic rings. The van der Waals surface area contributed by atoms with Crippen LogP contribution in [0.2, 0.25) is 5.15 Å². The van der Waals surface area contributed by atoms with Crippen LogP contribution < -0.4 is 5.32 Å². The smallest absolute Gasteiger partial charge is 0.324 e. The molecule has 5 nitrogen and oxygen atoms in total. The summed E-state index contributed by atoms with van der Waals surface area (Å²) in [5, 5.41) is 2.86. The van der Waals surface area contributed by atoms with Crippen molar-refractivity contribution in [3.63, 3.8) is 0 Å². The number of amides is 3. The first kappa shape index (κ1) is 12.8. The Morgan fingerprint density at radius 3 is 2.78 bits per heavy atom. The van der Waals surface area contributed by atoms with Crippen molar-refractivity contribution in [2.45, 2.75) is 19.8 Å². The third-order valence-electron chi connectivity index (χ3n) is 2.75. The van der Waals surface area contributed by atoms with Gasteiger partial charge in [0.2, 0.25) is 0 Å². The van der Waals surface area contributed by atoms with Gasteiger partial charge in [-0.3, -0.25) is 9.69 Å². The topological polar surface area (TPSA) is 62.3 Å². The molecule has 0 aliphatic carbocycles. The Labute approximate surface area is 110 Å². The zero-order chi connectivity index (χ0) is 13.3. The zero-order valence-electron chi connectivity index (χ0n) is 10.2. The Kier molecular flexibility index (Phi) is 3.52. The lowest BCUT2D eigenvalue weighted by molar-refractivity contribution is 0.0829. The van der Waals surface area contributed by atoms with Crippen LogP contribution in [0.15, 0.2) is 12.1 Å². The van der Waals surface area contributed by atoms with Gasteiger partial charge in [0.1, 0.15) is 5.15 Å². The fraction of sp³-hybridized carbons (Fsp3) is 0.417. The quantitative estimate of drug-likeness (QED) is 0.834. The highest BCUT2D eigenvalue weighted by molar-refractivity contribution is 6.29. The van der Waals surface area contributed by atoms with Crippen LogP contribution in [0.3, 0.4) is 0 Å². The maximum Gasteiger partial charge on any atom is 0.324 e. The molecule has 2 rings (SSSR count). The van der Waals surface area contributed by atoms with Gasteiger partial charge >= 0.3 is 6.03 Å². The summed E-state index contributed by atoms with van der Waals surface area (Å²) >= 11 is 5.90. The maximum absolute atomic E-state index is 12.2. The number of nitrogens with one attached hydrogen (secondary N) is 1. The molecule has 1 aliphatic heterocycles. The van der Waals surface area contributed by atoms with E-state index in [0.717, 1.165) is 5.69 Å². The third kappa shape index (κ3) is 2.46. The summed E-state index contributed by atoms with van der Waals surface area (Å²) < 4.78 is 0. The first-order valence-corrected chi connectivity index (χ1v) is 6.14. The van der Waals surface area contributed by atoms with Crippen LogP contribution in [0.1, 0.15) is 35.8 Å². The van der Waals surface area contributed by atoms with Crippen LogP contribution in [0, 0.1) is 0 Å². The number of aromatic nitrogens is 1. The van der Waals surface area contributed by atoms with E-state index >= 15 is 0 Å². The number of urea groups is 1. The minimum Gasteiger partial charge on any atom is -0.336 e. The van der Waals surface area contributed by atoms with Crippen LogP contribution in [0.25, 0.3) is 0 Å². The highest BCUT2D eigenvalue weighted by Crippen LogP contribution is 2.19. The first-order valence-electron chi connectivity index (χ1n) is 5.76. The van der Waals surface area contributed by atoms with Crippen LogP contribution in [0.4, 0.5) is 4.79 Å². The van der Waals surface area contributed by atoms with Gasteiger partial charge in [-0.05, 0) is 18.1 Å². The maximum atomic E-state index is 12.2. The normalized spacial score (nSPS) is 15.1. The predicted octanol–water partition coefficient (Wildman–Crippen LogP) is 2.02. The Bertz CT molecular complexity index is 502. The van der Waals surface area contributed by atoms with Crippen molar-refractivity contribution in [3.8, 4) is 0 Å². The largest absolute Gasteiger partial charge is 0.336 e. The van der Waals surface area contributed by atoms with Gasteiger partial charge in [-0.2, -0.15) is 0 Å². The molecule has 96 valence electrons. The van der Waals surface area contributed by atoms with Gasteiger partial charge in [0, 0.05) is 24.3 Å². The highest BCUT2D eigenvalue weighted by Gasteiger charge is 2.27. The molecular weight excluding hydrogens is 254 g/mol. The number of pyridine rings is 1. The molecule has 1 aromatic heterocycles. The van der Waals surface area contributed by atoms with E-state index in [1.807, 2.05) is 13.8 Å². The van der Waals surface area contributed by atoms with Crippen molar-refractivity contribution in [1.29, 1.82) is 0 Å². The Morgan fingerprint density at radius 2 is 2.22 bits per heavy atom. The average molecular weight is 268 g/mol. The van der Waals surface area contributed by atoms with Crippen LogP contribution >= 0.6 is 11.6 Å². The highest BCUT2D eigenvalue weighted by atomic mass is 35.5. The van der Waals surface area contributed by atoms with E-state index in [9.17, 15) is 9.59 Å². The fourth-order valence-corrected chi connectivity index (χ4v) is 1.97. The van der Waals surface area contributed by atoms with Gasteiger partial charge in [-0.1, -0.05) is 25.4 Å². The van der Waals surface area contributed by atoms with Crippen molar-refractivity contribution >= 4 is 23.5 Å². The van der Waals surface area contributed by atoms with Crippen molar-refractivity contribution < 1.29 is 9.59 Å². The molecule has 0 radical (unpaired) electrons. The van der Waals surface area contributed by atoms with E-state index in [4.69, 9.17) is 11.6 Å². The van der Waals surface area contributed by atoms with Crippen LogP contribution in [-0.2, 0) is 0 Å². The van der Waals surface area contributed by atoms with Crippen molar-refractivity contribution in [1.82, 2.24) is 15.2 Å². The molecular formula is C12H14ClN3O2.